The molecule has 0 spiro atoms. The van der Waals surface area contributed by atoms with Gasteiger partial charge in [0, 0.05) is 13.0 Å². The number of aromatic carboxylic acids is 1. The average molecular weight is 406 g/mol. The van der Waals surface area contributed by atoms with Crippen LogP contribution in [0.25, 0.3) is 11.0 Å². The normalized spacial score (nSPS) is 11.0. The SMILES string of the molecule is O=C([O-])c1ccc2c(c1)nc(CCNC(=O)c1ccccc1F)n2Cc1ccco1. The van der Waals surface area contributed by atoms with Gasteiger partial charge in [-0.3, -0.25) is 4.79 Å². The molecule has 152 valence electrons. The third kappa shape index (κ3) is 3.93. The van der Waals surface area contributed by atoms with Crippen LogP contribution in [0.15, 0.2) is 65.3 Å². The molecule has 30 heavy (non-hydrogen) atoms. The van der Waals surface area contributed by atoms with E-state index in [0.717, 1.165) is 5.52 Å². The van der Waals surface area contributed by atoms with Crippen LogP contribution in [0.5, 0.6) is 0 Å². The second-order valence-corrected chi connectivity index (χ2v) is 6.67. The quantitative estimate of drug-likeness (QED) is 0.507. The fraction of sp³-hybridized carbons (Fsp3) is 0.136. The lowest BCUT2D eigenvalue weighted by Crippen LogP contribution is -2.27. The monoisotopic (exact) mass is 406 g/mol. The predicted molar refractivity (Wildman–Crippen MR) is 104 cm³/mol. The molecule has 2 aromatic carbocycles. The highest BCUT2D eigenvalue weighted by Crippen LogP contribution is 2.20. The molecule has 2 heterocycles. The van der Waals surface area contributed by atoms with Crippen molar-refractivity contribution in [1.82, 2.24) is 14.9 Å². The van der Waals surface area contributed by atoms with E-state index in [2.05, 4.69) is 10.3 Å². The van der Waals surface area contributed by atoms with Gasteiger partial charge in [-0.2, -0.15) is 0 Å². The largest absolute Gasteiger partial charge is 0.545 e. The first-order valence-corrected chi connectivity index (χ1v) is 9.28. The van der Waals surface area contributed by atoms with E-state index in [1.165, 1.54) is 30.3 Å². The van der Waals surface area contributed by atoms with Crippen molar-refractivity contribution in [1.29, 1.82) is 0 Å². The molecule has 0 aliphatic heterocycles. The van der Waals surface area contributed by atoms with Crippen LogP contribution in [0.2, 0.25) is 0 Å². The average Bonchev–Trinajstić information content (AvgIpc) is 3.36. The topological polar surface area (TPSA) is 100 Å². The number of carboxylic acids is 1. The Labute approximate surface area is 170 Å². The van der Waals surface area contributed by atoms with Gasteiger partial charge in [-0.05, 0) is 42.0 Å². The number of amides is 1. The minimum atomic E-state index is -1.28. The number of benzene rings is 2. The van der Waals surface area contributed by atoms with E-state index in [4.69, 9.17) is 4.42 Å². The Morgan fingerprint density at radius 1 is 1.13 bits per heavy atom. The molecule has 7 nitrogen and oxygen atoms in total. The highest BCUT2D eigenvalue weighted by atomic mass is 19.1. The third-order valence-electron chi connectivity index (χ3n) is 4.71. The summed E-state index contributed by atoms with van der Waals surface area (Å²) in [7, 11) is 0. The molecule has 1 amide bonds. The van der Waals surface area contributed by atoms with E-state index in [1.54, 1.807) is 24.5 Å². The standard InChI is InChI=1S/C22H18FN3O4/c23-17-6-2-1-5-16(17)21(27)24-10-9-20-25-18-12-14(22(28)29)7-8-19(18)26(20)13-15-4-3-11-30-15/h1-8,11-12H,9-10,13H2,(H,24,27)(H,28,29)/p-1. The molecule has 0 radical (unpaired) electrons. The summed E-state index contributed by atoms with van der Waals surface area (Å²) in [6, 6.07) is 13.9. The van der Waals surface area contributed by atoms with Gasteiger partial charge >= 0.3 is 0 Å². The van der Waals surface area contributed by atoms with Gasteiger partial charge in [-0.15, -0.1) is 0 Å². The van der Waals surface area contributed by atoms with Crippen molar-refractivity contribution in [2.24, 2.45) is 0 Å². The summed E-state index contributed by atoms with van der Waals surface area (Å²) in [6.07, 6.45) is 1.92. The highest BCUT2D eigenvalue weighted by molar-refractivity contribution is 5.94. The molecule has 0 unspecified atom stereocenters. The van der Waals surface area contributed by atoms with Crippen LogP contribution in [0, 0.1) is 5.82 Å². The number of rotatable bonds is 7. The first-order chi connectivity index (χ1) is 14.5. The van der Waals surface area contributed by atoms with E-state index in [0.29, 0.717) is 30.1 Å². The summed E-state index contributed by atoms with van der Waals surface area (Å²) in [6.45, 7) is 0.618. The van der Waals surface area contributed by atoms with Crippen LogP contribution in [-0.4, -0.2) is 28.0 Å². The first-order valence-electron chi connectivity index (χ1n) is 9.28. The number of carbonyl (C=O) groups excluding carboxylic acids is 2. The number of nitrogens with zero attached hydrogens (tertiary/aromatic N) is 2. The van der Waals surface area contributed by atoms with Crippen molar-refractivity contribution >= 4 is 22.9 Å². The number of nitrogens with one attached hydrogen (secondary N) is 1. The van der Waals surface area contributed by atoms with Crippen LogP contribution in [0.4, 0.5) is 4.39 Å². The van der Waals surface area contributed by atoms with Crippen molar-refractivity contribution in [3.05, 3.63) is 89.4 Å². The minimum Gasteiger partial charge on any atom is -0.545 e. The van der Waals surface area contributed by atoms with E-state index >= 15 is 0 Å². The van der Waals surface area contributed by atoms with E-state index < -0.39 is 17.7 Å². The number of fused-ring (bicyclic) bond motifs is 1. The molecule has 1 N–H and O–H groups in total. The van der Waals surface area contributed by atoms with Gasteiger partial charge in [0.25, 0.3) is 5.91 Å². The highest BCUT2D eigenvalue weighted by Gasteiger charge is 2.15. The maximum absolute atomic E-state index is 13.8. The molecular weight excluding hydrogens is 389 g/mol. The number of halogens is 1. The van der Waals surface area contributed by atoms with E-state index in [9.17, 15) is 19.1 Å². The zero-order valence-electron chi connectivity index (χ0n) is 15.8. The number of carboxylic acid groups (broad SMARTS) is 1. The molecule has 4 aromatic rings. The number of imidazole rings is 1. The van der Waals surface area contributed by atoms with Crippen molar-refractivity contribution in [2.75, 3.05) is 6.54 Å². The molecule has 0 saturated carbocycles. The summed E-state index contributed by atoms with van der Waals surface area (Å²) in [5, 5.41) is 13.9. The van der Waals surface area contributed by atoms with Gasteiger partial charge in [-0.25, -0.2) is 9.37 Å². The number of carbonyl (C=O) groups is 2. The maximum atomic E-state index is 13.8. The zero-order chi connectivity index (χ0) is 21.1. The molecule has 8 heteroatoms. The van der Waals surface area contributed by atoms with Crippen LogP contribution in [0.3, 0.4) is 0 Å². The zero-order valence-corrected chi connectivity index (χ0v) is 15.8. The Bertz CT molecular complexity index is 1210. The first kappa shape index (κ1) is 19.4. The number of furan rings is 1. The van der Waals surface area contributed by atoms with E-state index in [-0.39, 0.29) is 17.7 Å². The molecule has 0 atom stereocenters. The van der Waals surface area contributed by atoms with Crippen molar-refractivity contribution in [3.8, 4) is 0 Å². The molecule has 0 fully saturated rings. The predicted octanol–water partition coefficient (Wildman–Crippen LogP) is 2.15. The van der Waals surface area contributed by atoms with Gasteiger partial charge in [0.15, 0.2) is 0 Å². The van der Waals surface area contributed by atoms with Crippen LogP contribution < -0.4 is 10.4 Å². The van der Waals surface area contributed by atoms with Gasteiger partial charge in [0.2, 0.25) is 0 Å². The molecule has 2 aromatic heterocycles. The van der Waals surface area contributed by atoms with Crippen LogP contribution in [-0.2, 0) is 13.0 Å². The van der Waals surface area contributed by atoms with Gasteiger partial charge in [0.1, 0.15) is 17.4 Å². The second-order valence-electron chi connectivity index (χ2n) is 6.67. The number of hydrogen-bond acceptors (Lipinski definition) is 5. The number of aromatic nitrogens is 2. The smallest absolute Gasteiger partial charge is 0.254 e. The Balaban J connectivity index is 1.58. The van der Waals surface area contributed by atoms with Crippen LogP contribution in [0.1, 0.15) is 32.3 Å². The number of hydrogen-bond donors (Lipinski definition) is 1. The minimum absolute atomic E-state index is 0.0276. The van der Waals surface area contributed by atoms with Gasteiger partial charge in [-0.1, -0.05) is 18.2 Å². The molecular formula is C22H17FN3O4-. The Morgan fingerprint density at radius 2 is 1.97 bits per heavy atom. The van der Waals surface area contributed by atoms with Crippen molar-refractivity contribution in [3.63, 3.8) is 0 Å². The molecule has 0 saturated heterocycles. The summed E-state index contributed by atoms with van der Waals surface area (Å²) in [4.78, 5) is 27.9. The van der Waals surface area contributed by atoms with E-state index in [1.807, 2.05) is 10.6 Å². The third-order valence-corrected chi connectivity index (χ3v) is 4.71. The molecule has 0 aliphatic carbocycles. The van der Waals surface area contributed by atoms with Crippen molar-refractivity contribution < 1.29 is 23.5 Å². The Morgan fingerprint density at radius 3 is 2.70 bits per heavy atom. The Hall–Kier alpha value is -3.94. The fourth-order valence-electron chi connectivity index (χ4n) is 3.26. The maximum Gasteiger partial charge on any atom is 0.254 e. The second kappa shape index (κ2) is 8.20. The van der Waals surface area contributed by atoms with Gasteiger partial charge in [0.05, 0.1) is 35.4 Å². The van der Waals surface area contributed by atoms with Crippen molar-refractivity contribution in [2.45, 2.75) is 13.0 Å². The summed E-state index contributed by atoms with van der Waals surface area (Å²) in [5.41, 5.74) is 1.23. The lowest BCUT2D eigenvalue weighted by Gasteiger charge is -2.09. The van der Waals surface area contributed by atoms with Crippen LogP contribution >= 0.6 is 0 Å². The lowest BCUT2D eigenvalue weighted by atomic mass is 10.2. The molecule has 4 rings (SSSR count). The molecule has 0 aliphatic rings. The fourth-order valence-corrected chi connectivity index (χ4v) is 3.26. The summed E-state index contributed by atoms with van der Waals surface area (Å²) < 4.78 is 21.1. The molecule has 0 bridgehead atoms. The lowest BCUT2D eigenvalue weighted by molar-refractivity contribution is -0.255. The Kier molecular flexibility index (Phi) is 5.30. The summed E-state index contributed by atoms with van der Waals surface area (Å²) >= 11 is 0. The van der Waals surface area contributed by atoms with Gasteiger partial charge < -0.3 is 24.2 Å². The summed E-state index contributed by atoms with van der Waals surface area (Å²) in [5.74, 6) is -1.05.